The van der Waals surface area contributed by atoms with Crippen molar-refractivity contribution in [3.63, 3.8) is 0 Å². The number of piperidine rings is 1. The summed E-state index contributed by atoms with van der Waals surface area (Å²) >= 11 is 0. The highest BCUT2D eigenvalue weighted by molar-refractivity contribution is 5.97. The number of esters is 1. The molecule has 4 rings (SSSR count). The molecule has 0 bridgehead atoms. The van der Waals surface area contributed by atoms with Gasteiger partial charge in [0.2, 0.25) is 0 Å². The molecule has 33 heavy (non-hydrogen) atoms. The van der Waals surface area contributed by atoms with Crippen LogP contribution in [0.1, 0.15) is 86.8 Å². The first-order valence-corrected chi connectivity index (χ1v) is 12.0. The first-order chi connectivity index (χ1) is 15.6. The minimum absolute atomic E-state index is 0.0767. The maximum absolute atomic E-state index is 12.7. The first kappa shape index (κ1) is 23.3. The van der Waals surface area contributed by atoms with Crippen molar-refractivity contribution < 1.29 is 19.4 Å². The highest BCUT2D eigenvalue weighted by atomic mass is 16.5. The Bertz CT molecular complexity index is 1060. The Morgan fingerprint density at radius 2 is 1.58 bits per heavy atom. The van der Waals surface area contributed by atoms with Gasteiger partial charge in [0.25, 0.3) is 5.91 Å². The Labute approximate surface area is 196 Å². The van der Waals surface area contributed by atoms with Crippen molar-refractivity contribution in [3.05, 3.63) is 58.7 Å². The fraction of sp³-hybridized carbons (Fsp3) is 0.500. The lowest BCUT2D eigenvalue weighted by atomic mass is 9.63. The van der Waals surface area contributed by atoms with Gasteiger partial charge in [0.15, 0.2) is 0 Å². The van der Waals surface area contributed by atoms with Crippen LogP contribution >= 0.6 is 0 Å². The Morgan fingerprint density at radius 3 is 2.24 bits per heavy atom. The van der Waals surface area contributed by atoms with E-state index in [0.717, 1.165) is 37.7 Å². The number of benzene rings is 2. The van der Waals surface area contributed by atoms with Crippen LogP contribution in [0.25, 0.3) is 0 Å². The fourth-order valence-corrected chi connectivity index (χ4v) is 5.10. The van der Waals surface area contributed by atoms with Crippen LogP contribution in [0, 0.1) is 0 Å². The number of carbonyl (C=O) groups excluding carboxylic acids is 2. The molecule has 2 aromatic rings. The van der Waals surface area contributed by atoms with Crippen LogP contribution in [0.2, 0.25) is 0 Å². The highest BCUT2D eigenvalue weighted by Crippen LogP contribution is 2.46. The van der Waals surface area contributed by atoms with Crippen LogP contribution < -0.4 is 4.74 Å². The number of phenolic OH excluding ortho intramolecular Hbond substituents is 1. The summed E-state index contributed by atoms with van der Waals surface area (Å²) in [7, 11) is 0. The Morgan fingerprint density at radius 1 is 0.909 bits per heavy atom. The van der Waals surface area contributed by atoms with E-state index in [1.165, 1.54) is 17.2 Å². The number of carbonyl (C=O) groups is 2. The topological polar surface area (TPSA) is 66.8 Å². The van der Waals surface area contributed by atoms with Gasteiger partial charge in [0.05, 0.1) is 12.0 Å². The molecule has 1 aliphatic carbocycles. The molecule has 2 aliphatic rings. The van der Waals surface area contributed by atoms with Gasteiger partial charge in [-0.1, -0.05) is 45.9 Å². The number of nitrogens with zero attached hydrogens (tertiary/aromatic N) is 1. The van der Waals surface area contributed by atoms with Crippen LogP contribution in [0.5, 0.6) is 11.5 Å². The molecule has 0 radical (unpaired) electrons. The minimum atomic E-state index is -0.391. The SMILES string of the molecule is CC1(C)CCC(C)(C)c2cc(CC(=O)Oc3ccc(C(=O)N4CCCCC4)c(O)c3)ccc21. The summed E-state index contributed by atoms with van der Waals surface area (Å²) < 4.78 is 5.49. The first-order valence-electron chi connectivity index (χ1n) is 12.0. The molecule has 2 aromatic carbocycles. The summed E-state index contributed by atoms with van der Waals surface area (Å²) in [6.07, 6.45) is 5.51. The lowest BCUT2D eigenvalue weighted by molar-refractivity contribution is -0.133. The van der Waals surface area contributed by atoms with Crippen molar-refractivity contribution in [1.29, 1.82) is 0 Å². The number of fused-ring (bicyclic) bond motifs is 1. The van der Waals surface area contributed by atoms with Crippen LogP contribution in [-0.4, -0.2) is 35.0 Å². The highest BCUT2D eigenvalue weighted by Gasteiger charge is 2.37. The van der Waals surface area contributed by atoms with Gasteiger partial charge in [0.1, 0.15) is 11.5 Å². The van der Waals surface area contributed by atoms with E-state index in [2.05, 4.69) is 39.8 Å². The predicted octanol–water partition coefficient (Wildman–Crippen LogP) is 5.52. The predicted molar refractivity (Wildman–Crippen MR) is 129 cm³/mol. The molecule has 1 N–H and O–H groups in total. The van der Waals surface area contributed by atoms with Gasteiger partial charge in [-0.3, -0.25) is 9.59 Å². The van der Waals surface area contributed by atoms with Crippen LogP contribution in [0.3, 0.4) is 0 Å². The van der Waals surface area contributed by atoms with Gasteiger partial charge < -0.3 is 14.7 Å². The zero-order valence-electron chi connectivity index (χ0n) is 20.2. The molecular weight excluding hydrogens is 414 g/mol. The normalized spacial score (nSPS) is 19.0. The molecule has 1 fully saturated rings. The van der Waals surface area contributed by atoms with Gasteiger partial charge in [-0.2, -0.15) is 0 Å². The molecular formula is C28H35NO4. The summed E-state index contributed by atoms with van der Waals surface area (Å²) in [6, 6.07) is 10.8. The van der Waals surface area contributed by atoms with E-state index in [-0.39, 0.29) is 40.2 Å². The second-order valence-corrected chi connectivity index (χ2v) is 10.8. The lowest BCUT2D eigenvalue weighted by Crippen LogP contribution is -2.35. The van der Waals surface area contributed by atoms with E-state index in [0.29, 0.717) is 13.1 Å². The molecule has 0 unspecified atom stereocenters. The van der Waals surface area contributed by atoms with E-state index >= 15 is 0 Å². The molecule has 176 valence electrons. The average molecular weight is 450 g/mol. The third kappa shape index (κ3) is 4.92. The van der Waals surface area contributed by atoms with Crippen LogP contribution in [0.4, 0.5) is 0 Å². The third-order valence-electron chi connectivity index (χ3n) is 7.34. The number of amides is 1. The van der Waals surface area contributed by atoms with Crippen molar-refractivity contribution in [1.82, 2.24) is 4.90 Å². The molecule has 0 atom stereocenters. The van der Waals surface area contributed by atoms with Gasteiger partial charge in [-0.25, -0.2) is 0 Å². The number of aromatic hydroxyl groups is 1. The van der Waals surface area contributed by atoms with Gasteiger partial charge in [-0.05, 0) is 71.8 Å². The van der Waals surface area contributed by atoms with Gasteiger partial charge >= 0.3 is 5.97 Å². The van der Waals surface area contributed by atoms with Crippen molar-refractivity contribution in [2.45, 2.75) is 77.0 Å². The van der Waals surface area contributed by atoms with E-state index in [4.69, 9.17) is 4.74 Å². The minimum Gasteiger partial charge on any atom is -0.507 e. The van der Waals surface area contributed by atoms with Gasteiger partial charge in [0, 0.05) is 19.2 Å². The quantitative estimate of drug-likeness (QED) is 0.493. The largest absolute Gasteiger partial charge is 0.507 e. The summed E-state index contributed by atoms with van der Waals surface area (Å²) in [5, 5.41) is 10.4. The zero-order valence-corrected chi connectivity index (χ0v) is 20.2. The molecule has 0 aromatic heterocycles. The number of hydrogen-bond donors (Lipinski definition) is 1. The number of hydrogen-bond acceptors (Lipinski definition) is 4. The fourth-order valence-electron chi connectivity index (χ4n) is 5.10. The van der Waals surface area contributed by atoms with E-state index in [1.807, 2.05) is 6.07 Å². The molecule has 5 heteroatoms. The van der Waals surface area contributed by atoms with E-state index in [1.54, 1.807) is 17.0 Å². The lowest BCUT2D eigenvalue weighted by Gasteiger charge is -2.42. The second-order valence-electron chi connectivity index (χ2n) is 10.8. The standard InChI is InChI=1S/C28H35NO4/c1-27(2)12-13-28(3,4)23-16-19(8-11-22(23)27)17-25(31)33-20-9-10-21(24(30)18-20)26(32)29-14-6-5-7-15-29/h8-11,16,18,30H,5-7,12-15,17H2,1-4H3. The van der Waals surface area contributed by atoms with Crippen molar-refractivity contribution in [3.8, 4) is 11.5 Å². The zero-order chi connectivity index (χ0) is 23.8. The molecule has 1 amide bonds. The maximum Gasteiger partial charge on any atom is 0.315 e. The van der Waals surface area contributed by atoms with Crippen molar-refractivity contribution in [2.75, 3.05) is 13.1 Å². The van der Waals surface area contributed by atoms with Crippen LogP contribution in [0.15, 0.2) is 36.4 Å². The molecule has 1 heterocycles. The number of likely N-dealkylation sites (tertiary alicyclic amines) is 1. The number of rotatable bonds is 4. The molecule has 0 saturated carbocycles. The van der Waals surface area contributed by atoms with Crippen LogP contribution in [-0.2, 0) is 22.0 Å². The molecule has 1 saturated heterocycles. The summed E-state index contributed by atoms with van der Waals surface area (Å²) in [4.78, 5) is 27.1. The van der Waals surface area contributed by atoms with Crippen molar-refractivity contribution >= 4 is 11.9 Å². The summed E-state index contributed by atoms with van der Waals surface area (Å²) in [5.74, 6) is -0.484. The third-order valence-corrected chi connectivity index (χ3v) is 7.34. The monoisotopic (exact) mass is 449 g/mol. The molecule has 1 aliphatic heterocycles. The average Bonchev–Trinajstić information content (AvgIpc) is 2.77. The van der Waals surface area contributed by atoms with E-state index < -0.39 is 5.97 Å². The Kier molecular flexibility index (Phi) is 6.26. The molecule has 5 nitrogen and oxygen atoms in total. The Hall–Kier alpha value is -2.82. The van der Waals surface area contributed by atoms with E-state index in [9.17, 15) is 14.7 Å². The smallest absolute Gasteiger partial charge is 0.315 e. The summed E-state index contributed by atoms with van der Waals surface area (Å²) in [6.45, 7) is 10.5. The van der Waals surface area contributed by atoms with Crippen molar-refractivity contribution in [2.24, 2.45) is 0 Å². The maximum atomic E-state index is 12.7. The summed E-state index contributed by atoms with van der Waals surface area (Å²) in [5.41, 5.74) is 4.04. The number of ether oxygens (including phenoxy) is 1. The Balaban J connectivity index is 1.45. The second kappa shape index (κ2) is 8.85. The number of phenols is 1. The molecule has 0 spiro atoms. The van der Waals surface area contributed by atoms with Gasteiger partial charge in [-0.15, -0.1) is 0 Å².